The zero-order valence-corrected chi connectivity index (χ0v) is 8.52. The quantitative estimate of drug-likeness (QED) is 0.469. The van der Waals surface area contributed by atoms with E-state index in [2.05, 4.69) is 0 Å². The lowest BCUT2D eigenvalue weighted by atomic mass is 10.4. The van der Waals surface area contributed by atoms with Crippen molar-refractivity contribution in [2.45, 2.75) is 4.33 Å². The number of carbonyl (C=O) groups is 1. The first kappa shape index (κ1) is 11.7. The molecule has 7 heteroatoms. The van der Waals surface area contributed by atoms with Gasteiger partial charge in [0.15, 0.2) is 5.76 Å². The Labute approximate surface area is 87.6 Å². The predicted octanol–water partition coefficient (Wildman–Crippen LogP) is 3.13. The standard InChI is InChI=1S/C4HCl5O2/c5-2(6)1(10)4(8,9)3(7)11/h10H. The molecule has 0 heterocycles. The van der Waals surface area contributed by atoms with Crippen LogP contribution in [0, 0.1) is 0 Å². The van der Waals surface area contributed by atoms with E-state index in [1.54, 1.807) is 0 Å². The Bertz CT molecular complexity index is 205. The van der Waals surface area contributed by atoms with Gasteiger partial charge in [0.1, 0.15) is 4.49 Å². The average molecular weight is 258 g/mol. The summed E-state index contributed by atoms with van der Waals surface area (Å²) in [6.07, 6.45) is 0. The Kier molecular flexibility index (Phi) is 4.30. The molecule has 0 unspecified atom stereocenters. The number of rotatable bonds is 2. The number of hydrogen-bond donors (Lipinski definition) is 1. The fourth-order valence-electron chi connectivity index (χ4n) is 0.212. The van der Waals surface area contributed by atoms with Crippen molar-refractivity contribution in [1.29, 1.82) is 0 Å². The van der Waals surface area contributed by atoms with Gasteiger partial charge in [-0.1, -0.05) is 46.4 Å². The summed E-state index contributed by atoms with van der Waals surface area (Å²) in [7, 11) is 0. The number of hydrogen-bond acceptors (Lipinski definition) is 2. The Morgan fingerprint density at radius 2 is 1.55 bits per heavy atom. The van der Waals surface area contributed by atoms with E-state index in [0.717, 1.165) is 0 Å². The Balaban J connectivity index is 4.86. The second-order valence-corrected chi connectivity index (χ2v) is 4.08. The molecule has 0 radical (unpaired) electrons. The number of alkyl halides is 2. The highest BCUT2D eigenvalue weighted by Crippen LogP contribution is 2.34. The molecule has 0 aliphatic heterocycles. The molecule has 0 rings (SSSR count). The molecule has 0 saturated carbocycles. The molecule has 0 aliphatic carbocycles. The second-order valence-electron chi connectivity index (χ2n) is 1.46. The van der Waals surface area contributed by atoms with Gasteiger partial charge in [0.25, 0.3) is 5.24 Å². The first-order valence-electron chi connectivity index (χ1n) is 2.12. The van der Waals surface area contributed by atoms with Crippen molar-refractivity contribution in [3.05, 3.63) is 10.3 Å². The van der Waals surface area contributed by atoms with E-state index >= 15 is 0 Å². The highest BCUT2D eigenvalue weighted by molar-refractivity contribution is 6.79. The largest absolute Gasteiger partial charge is 0.506 e. The maximum atomic E-state index is 10.4. The van der Waals surface area contributed by atoms with Crippen molar-refractivity contribution in [1.82, 2.24) is 0 Å². The zero-order valence-electron chi connectivity index (χ0n) is 4.75. The van der Waals surface area contributed by atoms with Gasteiger partial charge in [0.2, 0.25) is 4.33 Å². The lowest BCUT2D eigenvalue weighted by molar-refractivity contribution is -0.112. The lowest BCUT2D eigenvalue weighted by Crippen LogP contribution is -2.24. The summed E-state index contributed by atoms with van der Waals surface area (Å²) in [5.74, 6) is -0.885. The molecule has 64 valence electrons. The number of aliphatic hydroxyl groups excluding tert-OH is 1. The predicted molar refractivity (Wildman–Crippen MR) is 46.7 cm³/mol. The number of allylic oxidation sites excluding steroid dienone is 1. The molecule has 0 aliphatic rings. The van der Waals surface area contributed by atoms with Gasteiger partial charge in [-0.2, -0.15) is 0 Å². The Morgan fingerprint density at radius 3 is 1.64 bits per heavy atom. The molecule has 0 saturated heterocycles. The molecule has 0 aromatic carbocycles. The lowest BCUT2D eigenvalue weighted by Gasteiger charge is -2.12. The van der Waals surface area contributed by atoms with Crippen molar-refractivity contribution < 1.29 is 9.90 Å². The van der Waals surface area contributed by atoms with Crippen LogP contribution in [0.1, 0.15) is 0 Å². The van der Waals surface area contributed by atoms with Gasteiger partial charge in [0, 0.05) is 0 Å². The van der Waals surface area contributed by atoms with Crippen LogP contribution in [-0.4, -0.2) is 14.7 Å². The van der Waals surface area contributed by atoms with E-state index < -0.39 is 19.8 Å². The van der Waals surface area contributed by atoms with Gasteiger partial charge in [-0.15, -0.1) is 0 Å². The minimum atomic E-state index is -2.28. The Morgan fingerprint density at radius 1 is 1.18 bits per heavy atom. The fraction of sp³-hybridized carbons (Fsp3) is 0.250. The summed E-state index contributed by atoms with van der Waals surface area (Å²) in [5.41, 5.74) is 0. The summed E-state index contributed by atoms with van der Waals surface area (Å²) in [6, 6.07) is 0. The van der Waals surface area contributed by atoms with E-state index in [1.807, 2.05) is 0 Å². The van der Waals surface area contributed by atoms with Crippen molar-refractivity contribution in [3.63, 3.8) is 0 Å². The maximum Gasteiger partial charge on any atom is 0.265 e. The first-order valence-corrected chi connectivity index (χ1v) is 4.01. The topological polar surface area (TPSA) is 37.3 Å². The highest BCUT2D eigenvalue weighted by Gasteiger charge is 2.39. The van der Waals surface area contributed by atoms with Crippen LogP contribution in [0.2, 0.25) is 0 Å². The molecule has 0 atom stereocenters. The van der Waals surface area contributed by atoms with Crippen LogP contribution >= 0.6 is 58.0 Å². The smallest absolute Gasteiger partial charge is 0.265 e. The third-order valence-electron chi connectivity index (χ3n) is 0.723. The van der Waals surface area contributed by atoms with E-state index in [1.165, 1.54) is 0 Å². The molecule has 0 amide bonds. The number of aliphatic hydroxyl groups is 1. The summed E-state index contributed by atoms with van der Waals surface area (Å²) >= 11 is 25.5. The number of halogens is 5. The molecule has 11 heavy (non-hydrogen) atoms. The zero-order chi connectivity index (χ0) is 9.23. The van der Waals surface area contributed by atoms with Crippen LogP contribution in [0.3, 0.4) is 0 Å². The molecular weight excluding hydrogens is 257 g/mol. The molecule has 0 fully saturated rings. The van der Waals surface area contributed by atoms with Crippen molar-refractivity contribution in [3.8, 4) is 0 Å². The van der Waals surface area contributed by atoms with Crippen molar-refractivity contribution >= 4 is 63.2 Å². The van der Waals surface area contributed by atoms with Gasteiger partial charge in [-0.25, -0.2) is 0 Å². The summed E-state index contributed by atoms with van der Waals surface area (Å²) < 4.78 is -2.88. The molecule has 2 nitrogen and oxygen atoms in total. The van der Waals surface area contributed by atoms with E-state index in [-0.39, 0.29) is 0 Å². The third-order valence-corrected chi connectivity index (χ3v) is 2.26. The summed E-state index contributed by atoms with van der Waals surface area (Å²) in [4.78, 5) is 10.4. The minimum absolute atomic E-state index is 0.607. The molecule has 0 aromatic rings. The van der Waals surface area contributed by atoms with Gasteiger partial charge in [0.05, 0.1) is 0 Å². The molecule has 0 spiro atoms. The van der Waals surface area contributed by atoms with Crippen LogP contribution in [0.5, 0.6) is 0 Å². The summed E-state index contributed by atoms with van der Waals surface area (Å²) in [6.45, 7) is 0. The normalized spacial score (nSPS) is 11.0. The van der Waals surface area contributed by atoms with Gasteiger partial charge in [-0.05, 0) is 11.6 Å². The monoisotopic (exact) mass is 256 g/mol. The molecule has 0 bridgehead atoms. The minimum Gasteiger partial charge on any atom is -0.506 e. The van der Waals surface area contributed by atoms with Crippen LogP contribution < -0.4 is 0 Å². The maximum absolute atomic E-state index is 10.4. The van der Waals surface area contributed by atoms with Crippen molar-refractivity contribution in [2.24, 2.45) is 0 Å². The third kappa shape index (κ3) is 2.88. The van der Waals surface area contributed by atoms with Crippen LogP contribution in [0.4, 0.5) is 0 Å². The van der Waals surface area contributed by atoms with E-state index in [0.29, 0.717) is 0 Å². The average Bonchev–Trinajstić information content (AvgIpc) is 1.85. The van der Waals surface area contributed by atoms with E-state index in [9.17, 15) is 4.79 Å². The van der Waals surface area contributed by atoms with Gasteiger partial charge < -0.3 is 5.11 Å². The van der Waals surface area contributed by atoms with Crippen molar-refractivity contribution in [2.75, 3.05) is 0 Å². The van der Waals surface area contributed by atoms with Gasteiger partial charge >= 0.3 is 0 Å². The molecule has 1 N–H and O–H groups in total. The second kappa shape index (κ2) is 4.06. The molecular formula is C4HCl5O2. The van der Waals surface area contributed by atoms with Gasteiger partial charge in [-0.3, -0.25) is 4.79 Å². The number of carbonyl (C=O) groups excluding carboxylic acids is 1. The van der Waals surface area contributed by atoms with Crippen LogP contribution in [0.15, 0.2) is 10.3 Å². The Hall–Kier alpha value is 0.660. The van der Waals surface area contributed by atoms with Crippen LogP contribution in [0.25, 0.3) is 0 Å². The fourth-order valence-corrected chi connectivity index (χ4v) is 0.967. The first-order chi connectivity index (χ1) is 4.80. The van der Waals surface area contributed by atoms with Crippen LogP contribution in [-0.2, 0) is 4.79 Å². The SMILES string of the molecule is O=C(Cl)C(Cl)(Cl)C(O)=C(Cl)Cl. The summed E-state index contributed by atoms with van der Waals surface area (Å²) in [5, 5.41) is 7.69. The van der Waals surface area contributed by atoms with E-state index in [4.69, 9.17) is 63.1 Å². The molecule has 0 aromatic heterocycles. The highest BCUT2D eigenvalue weighted by atomic mass is 35.5.